The maximum atomic E-state index is 11.5. The van der Waals surface area contributed by atoms with Crippen molar-refractivity contribution in [2.24, 2.45) is 0 Å². The molecule has 1 heterocycles. The Morgan fingerprint density at radius 1 is 1.55 bits per heavy atom. The number of carbonyl (C=O) groups excluding carboxylic acids is 1. The van der Waals surface area contributed by atoms with Gasteiger partial charge in [-0.25, -0.2) is 4.98 Å². The molecule has 2 N–H and O–H groups in total. The van der Waals surface area contributed by atoms with Crippen LogP contribution in [0.15, 0.2) is 5.38 Å². The minimum absolute atomic E-state index is 0.0437. The van der Waals surface area contributed by atoms with Gasteiger partial charge in [0.1, 0.15) is 0 Å². The van der Waals surface area contributed by atoms with Crippen LogP contribution < -0.4 is 5.32 Å². The lowest BCUT2D eigenvalue weighted by atomic mass is 10.4. The number of aliphatic hydroxyl groups is 1. The normalized spacial score (nSPS) is 10.7. The van der Waals surface area contributed by atoms with E-state index in [1.54, 1.807) is 23.1 Å². The van der Waals surface area contributed by atoms with Crippen molar-refractivity contribution in [1.29, 1.82) is 0 Å². The third kappa shape index (κ3) is 8.52. The number of aromatic nitrogens is 1. The largest absolute Gasteiger partial charge is 0.394 e. The highest BCUT2D eigenvalue weighted by Crippen LogP contribution is 2.15. The van der Waals surface area contributed by atoms with E-state index >= 15 is 0 Å². The van der Waals surface area contributed by atoms with Crippen LogP contribution in [0.3, 0.4) is 0 Å². The zero-order chi connectivity index (χ0) is 14.6. The van der Waals surface area contributed by atoms with Crippen molar-refractivity contribution in [1.82, 2.24) is 10.3 Å². The summed E-state index contributed by atoms with van der Waals surface area (Å²) in [5.74, 6) is 1.75. The maximum absolute atomic E-state index is 11.5. The summed E-state index contributed by atoms with van der Waals surface area (Å²) in [7, 11) is 0. The first-order chi connectivity index (χ1) is 9.72. The zero-order valence-electron chi connectivity index (χ0n) is 11.8. The number of thioether (sulfide) groups is 1. The summed E-state index contributed by atoms with van der Waals surface area (Å²) < 4.78 is 5.10. The highest BCUT2D eigenvalue weighted by molar-refractivity contribution is 7.98. The fraction of sp³-hybridized carbons (Fsp3) is 0.692. The SMILES string of the molecule is Cc1nc(CSCCC(=O)NCCCOCCO)cs1. The molecular formula is C13H22N2O3S2. The molecule has 0 unspecified atom stereocenters. The van der Waals surface area contributed by atoms with E-state index in [0.29, 0.717) is 26.2 Å². The number of thiazole rings is 1. The number of amides is 1. The first kappa shape index (κ1) is 17.4. The molecule has 5 nitrogen and oxygen atoms in total. The Hall–Kier alpha value is -0.630. The van der Waals surface area contributed by atoms with E-state index in [9.17, 15) is 4.79 Å². The molecule has 0 radical (unpaired) electrons. The number of hydrogen-bond acceptors (Lipinski definition) is 6. The lowest BCUT2D eigenvalue weighted by Gasteiger charge is -2.05. The van der Waals surface area contributed by atoms with Gasteiger partial charge in [0, 0.05) is 36.5 Å². The molecule has 1 rings (SSSR count). The molecule has 0 aliphatic carbocycles. The van der Waals surface area contributed by atoms with E-state index < -0.39 is 0 Å². The Labute approximate surface area is 128 Å². The van der Waals surface area contributed by atoms with Gasteiger partial charge in [0.2, 0.25) is 5.91 Å². The molecule has 0 fully saturated rings. The Bertz CT molecular complexity index is 385. The summed E-state index contributed by atoms with van der Waals surface area (Å²) in [4.78, 5) is 15.9. The predicted molar refractivity (Wildman–Crippen MR) is 83.2 cm³/mol. The quantitative estimate of drug-likeness (QED) is 0.606. The number of rotatable bonds is 11. The minimum Gasteiger partial charge on any atom is -0.394 e. The Morgan fingerprint density at radius 2 is 2.40 bits per heavy atom. The molecule has 1 aromatic heterocycles. The van der Waals surface area contributed by atoms with E-state index in [0.717, 1.165) is 28.6 Å². The average Bonchev–Trinajstić information content (AvgIpc) is 2.84. The smallest absolute Gasteiger partial charge is 0.220 e. The third-order valence-corrected chi connectivity index (χ3v) is 4.23. The number of carbonyl (C=O) groups is 1. The standard InChI is InChI=1S/C13H22N2O3S2/c1-11-15-12(10-20-11)9-19-8-3-13(17)14-4-2-6-18-7-5-16/h10,16H,2-9H2,1H3,(H,14,17). The number of ether oxygens (including phenoxy) is 1. The fourth-order valence-electron chi connectivity index (χ4n) is 1.47. The first-order valence-corrected chi connectivity index (χ1v) is 8.70. The zero-order valence-corrected chi connectivity index (χ0v) is 13.4. The number of aliphatic hydroxyl groups excluding tert-OH is 1. The number of nitrogens with zero attached hydrogens (tertiary/aromatic N) is 1. The van der Waals surface area contributed by atoms with E-state index in [4.69, 9.17) is 9.84 Å². The number of hydrogen-bond donors (Lipinski definition) is 2. The Kier molecular flexibility index (Phi) is 9.65. The molecule has 0 aliphatic rings. The van der Waals surface area contributed by atoms with Crippen LogP contribution in [-0.2, 0) is 15.3 Å². The van der Waals surface area contributed by atoms with Crippen LogP contribution in [0.25, 0.3) is 0 Å². The van der Waals surface area contributed by atoms with Crippen molar-refractivity contribution in [3.05, 3.63) is 16.1 Å². The Balaban J connectivity index is 1.92. The van der Waals surface area contributed by atoms with Crippen LogP contribution in [0.4, 0.5) is 0 Å². The second kappa shape index (κ2) is 11.1. The molecule has 0 saturated carbocycles. The average molecular weight is 318 g/mol. The molecule has 114 valence electrons. The van der Waals surface area contributed by atoms with Crippen LogP contribution in [0, 0.1) is 6.92 Å². The van der Waals surface area contributed by atoms with Gasteiger partial charge in [-0.05, 0) is 13.3 Å². The summed E-state index contributed by atoms with van der Waals surface area (Å²) in [6.07, 6.45) is 1.31. The summed E-state index contributed by atoms with van der Waals surface area (Å²) in [6, 6.07) is 0. The summed E-state index contributed by atoms with van der Waals surface area (Å²) in [5.41, 5.74) is 1.10. The van der Waals surface area contributed by atoms with Gasteiger partial charge >= 0.3 is 0 Å². The van der Waals surface area contributed by atoms with Crippen molar-refractivity contribution in [3.8, 4) is 0 Å². The van der Waals surface area contributed by atoms with Crippen molar-refractivity contribution in [3.63, 3.8) is 0 Å². The summed E-state index contributed by atoms with van der Waals surface area (Å²) >= 11 is 3.39. The van der Waals surface area contributed by atoms with Gasteiger partial charge in [0.15, 0.2) is 0 Å². The van der Waals surface area contributed by atoms with Crippen molar-refractivity contribution >= 4 is 29.0 Å². The molecule has 1 aromatic rings. The molecule has 20 heavy (non-hydrogen) atoms. The van der Waals surface area contributed by atoms with Crippen molar-refractivity contribution in [2.75, 3.05) is 32.1 Å². The van der Waals surface area contributed by atoms with Gasteiger partial charge in [-0.1, -0.05) is 0 Å². The number of nitrogens with one attached hydrogen (secondary N) is 1. The molecule has 0 spiro atoms. The van der Waals surface area contributed by atoms with E-state index in [-0.39, 0.29) is 12.5 Å². The van der Waals surface area contributed by atoms with Crippen molar-refractivity contribution in [2.45, 2.75) is 25.5 Å². The highest BCUT2D eigenvalue weighted by Gasteiger charge is 2.02. The lowest BCUT2D eigenvalue weighted by molar-refractivity contribution is -0.120. The van der Waals surface area contributed by atoms with Crippen LogP contribution in [0.2, 0.25) is 0 Å². The predicted octanol–water partition coefficient (Wildman–Crippen LogP) is 1.59. The Morgan fingerprint density at radius 3 is 3.10 bits per heavy atom. The van der Waals surface area contributed by atoms with E-state index in [1.807, 2.05) is 6.92 Å². The number of aryl methyl sites for hydroxylation is 1. The molecule has 7 heteroatoms. The van der Waals surface area contributed by atoms with E-state index in [2.05, 4.69) is 15.7 Å². The van der Waals surface area contributed by atoms with Gasteiger partial charge in [-0.3, -0.25) is 4.79 Å². The molecule has 0 bridgehead atoms. The molecule has 0 aromatic carbocycles. The molecule has 1 amide bonds. The maximum Gasteiger partial charge on any atom is 0.220 e. The topological polar surface area (TPSA) is 71.5 Å². The minimum atomic E-state index is 0.0437. The van der Waals surface area contributed by atoms with Gasteiger partial charge in [0.05, 0.1) is 23.9 Å². The molecule has 0 saturated heterocycles. The first-order valence-electron chi connectivity index (χ1n) is 6.66. The van der Waals surface area contributed by atoms with Crippen LogP contribution in [0.1, 0.15) is 23.5 Å². The second-order valence-corrected chi connectivity index (χ2v) is 6.37. The summed E-state index contributed by atoms with van der Waals surface area (Å²) in [5, 5.41) is 14.5. The van der Waals surface area contributed by atoms with E-state index in [1.165, 1.54) is 0 Å². The fourth-order valence-corrected chi connectivity index (χ4v) is 3.02. The summed E-state index contributed by atoms with van der Waals surface area (Å²) in [6.45, 7) is 3.60. The lowest BCUT2D eigenvalue weighted by Crippen LogP contribution is -2.25. The molecular weight excluding hydrogens is 296 g/mol. The van der Waals surface area contributed by atoms with Gasteiger partial charge in [0.25, 0.3) is 0 Å². The third-order valence-electron chi connectivity index (χ3n) is 2.41. The molecule has 0 atom stereocenters. The van der Waals surface area contributed by atoms with Gasteiger partial charge in [-0.15, -0.1) is 11.3 Å². The van der Waals surface area contributed by atoms with Gasteiger partial charge < -0.3 is 15.2 Å². The van der Waals surface area contributed by atoms with Crippen LogP contribution in [-0.4, -0.2) is 48.1 Å². The van der Waals surface area contributed by atoms with Crippen LogP contribution in [0.5, 0.6) is 0 Å². The molecule has 0 aliphatic heterocycles. The second-order valence-electron chi connectivity index (χ2n) is 4.20. The van der Waals surface area contributed by atoms with Crippen molar-refractivity contribution < 1.29 is 14.6 Å². The monoisotopic (exact) mass is 318 g/mol. The highest BCUT2D eigenvalue weighted by atomic mass is 32.2. The van der Waals surface area contributed by atoms with Gasteiger partial charge in [-0.2, -0.15) is 11.8 Å². The van der Waals surface area contributed by atoms with Crippen LogP contribution >= 0.6 is 23.1 Å².